The van der Waals surface area contributed by atoms with Gasteiger partial charge < -0.3 is 15.8 Å². The molecule has 1 amide bonds. The van der Waals surface area contributed by atoms with Gasteiger partial charge in [-0.2, -0.15) is 0 Å². The molecule has 3 N–H and O–H groups in total. The predicted octanol–water partition coefficient (Wildman–Crippen LogP) is 1.99. The lowest BCUT2D eigenvalue weighted by Crippen LogP contribution is -2.31. The highest BCUT2D eigenvalue weighted by Crippen LogP contribution is 2.17. The van der Waals surface area contributed by atoms with Gasteiger partial charge >= 0.3 is 5.97 Å². The smallest absolute Gasteiger partial charge is 0.338 e. The van der Waals surface area contributed by atoms with Crippen molar-refractivity contribution in [3.8, 4) is 0 Å². The first-order valence-electron chi connectivity index (χ1n) is 5.91. The number of rotatable bonds is 5. The minimum Gasteiger partial charge on any atom is -0.462 e. The number of hydrogen-bond donors (Lipinski definition) is 2. The van der Waals surface area contributed by atoms with Crippen molar-refractivity contribution in [2.24, 2.45) is 0 Å². The number of nitrogens with two attached hydrogens (primary N) is 1. The molecule has 0 radical (unpaired) electrons. The van der Waals surface area contributed by atoms with Gasteiger partial charge in [-0.25, -0.2) is 4.79 Å². The summed E-state index contributed by atoms with van der Waals surface area (Å²) in [7, 11) is 0. The molecular formula is C13H17ClN2O3. The second-order valence-corrected chi connectivity index (χ2v) is 4.82. The van der Waals surface area contributed by atoms with Gasteiger partial charge in [-0.3, -0.25) is 4.79 Å². The fourth-order valence-electron chi connectivity index (χ4n) is 1.44. The maximum atomic E-state index is 11.7. The van der Waals surface area contributed by atoms with Crippen molar-refractivity contribution in [2.45, 2.75) is 26.3 Å². The molecule has 0 aliphatic rings. The molecule has 0 saturated carbocycles. The van der Waals surface area contributed by atoms with E-state index >= 15 is 0 Å². The van der Waals surface area contributed by atoms with E-state index in [1.807, 2.05) is 13.8 Å². The summed E-state index contributed by atoms with van der Waals surface area (Å²) in [6.07, 6.45) is 0.125. The molecule has 0 bridgehead atoms. The second-order valence-electron chi connectivity index (χ2n) is 4.38. The van der Waals surface area contributed by atoms with Crippen LogP contribution in [0.2, 0.25) is 5.02 Å². The highest BCUT2D eigenvalue weighted by molar-refractivity contribution is 6.31. The van der Waals surface area contributed by atoms with Crippen LogP contribution in [-0.2, 0) is 9.53 Å². The summed E-state index contributed by atoms with van der Waals surface area (Å²) in [5.41, 5.74) is 6.23. The third kappa shape index (κ3) is 5.61. The molecule has 0 unspecified atom stereocenters. The quantitative estimate of drug-likeness (QED) is 0.640. The molecule has 0 saturated heterocycles. The van der Waals surface area contributed by atoms with E-state index in [2.05, 4.69) is 5.32 Å². The monoisotopic (exact) mass is 284 g/mol. The standard InChI is InChI=1S/C13H17ClN2O3/c1-8(2)16-12(17)3-4-19-13(18)9-5-10(14)7-11(15)6-9/h5-8H,3-4,15H2,1-2H3,(H,16,17). The van der Waals surface area contributed by atoms with E-state index in [0.717, 1.165) is 0 Å². The summed E-state index contributed by atoms with van der Waals surface area (Å²) in [6, 6.07) is 4.54. The number of carbonyl (C=O) groups excluding carboxylic acids is 2. The highest BCUT2D eigenvalue weighted by atomic mass is 35.5. The number of nitrogen functional groups attached to an aromatic ring is 1. The van der Waals surface area contributed by atoms with Gasteiger partial charge in [-0.1, -0.05) is 11.6 Å². The van der Waals surface area contributed by atoms with Gasteiger partial charge in [-0.15, -0.1) is 0 Å². The zero-order valence-electron chi connectivity index (χ0n) is 10.9. The number of halogens is 1. The number of nitrogens with one attached hydrogen (secondary N) is 1. The summed E-state index contributed by atoms with van der Waals surface area (Å²) in [6.45, 7) is 3.74. The molecule has 0 spiro atoms. The number of ether oxygens (including phenoxy) is 1. The Balaban J connectivity index is 2.45. The summed E-state index contributed by atoms with van der Waals surface area (Å²) < 4.78 is 4.98. The van der Waals surface area contributed by atoms with Crippen molar-refractivity contribution >= 4 is 29.2 Å². The van der Waals surface area contributed by atoms with Crippen LogP contribution in [-0.4, -0.2) is 24.5 Å². The molecule has 1 aromatic rings. The van der Waals surface area contributed by atoms with Crippen LogP contribution in [0.5, 0.6) is 0 Å². The SMILES string of the molecule is CC(C)NC(=O)CCOC(=O)c1cc(N)cc(Cl)c1. The highest BCUT2D eigenvalue weighted by Gasteiger charge is 2.10. The van der Waals surface area contributed by atoms with Crippen LogP contribution in [0, 0.1) is 0 Å². The summed E-state index contributed by atoms with van der Waals surface area (Å²) in [4.78, 5) is 23.0. The van der Waals surface area contributed by atoms with Crippen molar-refractivity contribution in [1.82, 2.24) is 5.32 Å². The number of amides is 1. The normalized spacial score (nSPS) is 10.3. The Bertz CT molecular complexity index is 455. The Labute approximate surface area is 117 Å². The Morgan fingerprint density at radius 3 is 2.63 bits per heavy atom. The van der Waals surface area contributed by atoms with Crippen LogP contribution in [0.4, 0.5) is 5.69 Å². The molecule has 0 aromatic heterocycles. The molecule has 6 heteroatoms. The first-order chi connectivity index (χ1) is 8.88. The van der Waals surface area contributed by atoms with E-state index in [4.69, 9.17) is 22.1 Å². The lowest BCUT2D eigenvalue weighted by atomic mass is 10.2. The van der Waals surface area contributed by atoms with Gasteiger partial charge in [0.25, 0.3) is 0 Å². The number of hydrogen-bond acceptors (Lipinski definition) is 4. The summed E-state index contributed by atoms with van der Waals surface area (Å²) in [5, 5.41) is 3.07. The number of benzene rings is 1. The predicted molar refractivity (Wildman–Crippen MR) is 74.0 cm³/mol. The molecule has 0 heterocycles. The lowest BCUT2D eigenvalue weighted by Gasteiger charge is -2.09. The van der Waals surface area contributed by atoms with E-state index in [9.17, 15) is 9.59 Å². The van der Waals surface area contributed by atoms with E-state index < -0.39 is 5.97 Å². The van der Waals surface area contributed by atoms with Crippen LogP contribution in [0.3, 0.4) is 0 Å². The van der Waals surface area contributed by atoms with Crippen LogP contribution >= 0.6 is 11.6 Å². The van der Waals surface area contributed by atoms with E-state index in [1.165, 1.54) is 18.2 Å². The number of anilines is 1. The molecule has 0 aliphatic carbocycles. The minimum atomic E-state index is -0.549. The first kappa shape index (κ1) is 15.3. The lowest BCUT2D eigenvalue weighted by molar-refractivity contribution is -0.122. The molecule has 5 nitrogen and oxygen atoms in total. The Morgan fingerprint density at radius 2 is 2.05 bits per heavy atom. The zero-order valence-corrected chi connectivity index (χ0v) is 11.7. The van der Waals surface area contributed by atoms with Crippen LogP contribution in [0.1, 0.15) is 30.6 Å². The van der Waals surface area contributed by atoms with Gasteiger partial charge in [0.1, 0.15) is 6.61 Å². The Morgan fingerprint density at radius 1 is 1.37 bits per heavy atom. The Kier molecular flexibility index (Phi) is 5.63. The maximum absolute atomic E-state index is 11.7. The maximum Gasteiger partial charge on any atom is 0.338 e. The molecule has 104 valence electrons. The zero-order chi connectivity index (χ0) is 14.4. The first-order valence-corrected chi connectivity index (χ1v) is 6.29. The molecule has 1 aromatic carbocycles. The van der Waals surface area contributed by atoms with Gasteiger partial charge in [0.05, 0.1) is 12.0 Å². The van der Waals surface area contributed by atoms with Crippen molar-refractivity contribution in [3.05, 3.63) is 28.8 Å². The van der Waals surface area contributed by atoms with Gasteiger partial charge in [0.2, 0.25) is 5.91 Å². The summed E-state index contributed by atoms with van der Waals surface area (Å²) >= 11 is 5.78. The van der Waals surface area contributed by atoms with Crippen molar-refractivity contribution in [3.63, 3.8) is 0 Å². The molecular weight excluding hydrogens is 268 g/mol. The topological polar surface area (TPSA) is 81.4 Å². The largest absolute Gasteiger partial charge is 0.462 e. The van der Waals surface area contributed by atoms with E-state index in [1.54, 1.807) is 0 Å². The van der Waals surface area contributed by atoms with E-state index in [0.29, 0.717) is 10.7 Å². The van der Waals surface area contributed by atoms with Crippen LogP contribution in [0.25, 0.3) is 0 Å². The number of esters is 1. The molecule has 19 heavy (non-hydrogen) atoms. The van der Waals surface area contributed by atoms with Crippen molar-refractivity contribution < 1.29 is 14.3 Å². The van der Waals surface area contributed by atoms with E-state index in [-0.39, 0.29) is 30.5 Å². The van der Waals surface area contributed by atoms with Crippen molar-refractivity contribution in [1.29, 1.82) is 0 Å². The fraction of sp³-hybridized carbons (Fsp3) is 0.385. The molecule has 0 aliphatic heterocycles. The van der Waals surface area contributed by atoms with Crippen LogP contribution < -0.4 is 11.1 Å². The number of carbonyl (C=O) groups is 2. The fourth-order valence-corrected chi connectivity index (χ4v) is 1.69. The molecule has 0 fully saturated rings. The van der Waals surface area contributed by atoms with Crippen molar-refractivity contribution in [2.75, 3.05) is 12.3 Å². The Hall–Kier alpha value is -1.75. The molecule has 1 rings (SSSR count). The average molecular weight is 285 g/mol. The van der Waals surface area contributed by atoms with Gasteiger partial charge in [-0.05, 0) is 32.0 Å². The third-order valence-corrected chi connectivity index (χ3v) is 2.39. The third-order valence-electron chi connectivity index (χ3n) is 2.17. The molecule has 0 atom stereocenters. The van der Waals surface area contributed by atoms with Gasteiger partial charge in [0.15, 0.2) is 0 Å². The average Bonchev–Trinajstić information content (AvgIpc) is 2.26. The van der Waals surface area contributed by atoms with Crippen LogP contribution in [0.15, 0.2) is 18.2 Å². The minimum absolute atomic E-state index is 0.0177. The second kappa shape index (κ2) is 6.99. The summed E-state index contributed by atoms with van der Waals surface area (Å²) in [5.74, 6) is -0.708. The van der Waals surface area contributed by atoms with Gasteiger partial charge in [0, 0.05) is 16.8 Å².